The molecule has 3 rings (SSSR count). The van der Waals surface area contributed by atoms with Crippen molar-refractivity contribution in [2.24, 2.45) is 4.99 Å². The number of likely N-dealkylation sites (tertiary alicyclic amines) is 2. The lowest BCUT2D eigenvalue weighted by Crippen LogP contribution is -2.39. The molecule has 1 aromatic rings. The molecule has 2 saturated heterocycles. The zero-order valence-corrected chi connectivity index (χ0v) is 17.0. The van der Waals surface area contributed by atoms with Gasteiger partial charge < -0.3 is 15.5 Å². The molecule has 1 aromatic carbocycles. The fraction of sp³-hybridized carbons (Fsp3) is 0.682. The van der Waals surface area contributed by atoms with Gasteiger partial charge in [0, 0.05) is 13.1 Å². The van der Waals surface area contributed by atoms with E-state index < -0.39 is 0 Å². The monoisotopic (exact) mass is 371 g/mol. The van der Waals surface area contributed by atoms with Gasteiger partial charge in [0.1, 0.15) is 0 Å². The molecule has 5 heteroatoms. The third kappa shape index (κ3) is 6.51. The smallest absolute Gasteiger partial charge is 0.191 e. The van der Waals surface area contributed by atoms with Crippen molar-refractivity contribution in [3.63, 3.8) is 0 Å². The minimum absolute atomic E-state index is 0.383. The number of nitrogens with one attached hydrogen (secondary N) is 2. The molecule has 1 atom stereocenters. The Morgan fingerprint density at radius 3 is 2.41 bits per heavy atom. The molecule has 2 fully saturated rings. The number of guanidine groups is 1. The third-order valence-corrected chi connectivity index (χ3v) is 5.67. The predicted molar refractivity (Wildman–Crippen MR) is 114 cm³/mol. The zero-order valence-electron chi connectivity index (χ0n) is 17.0. The lowest BCUT2D eigenvalue weighted by atomic mass is 10.1. The molecular formula is C22H37N5. The first-order chi connectivity index (χ1) is 13.4. The topological polar surface area (TPSA) is 42.9 Å². The molecule has 0 aliphatic carbocycles. The first kappa shape index (κ1) is 20.2. The van der Waals surface area contributed by atoms with Crippen LogP contribution in [0.3, 0.4) is 0 Å². The lowest BCUT2D eigenvalue weighted by Gasteiger charge is -2.27. The molecule has 2 aliphatic rings. The van der Waals surface area contributed by atoms with Crippen molar-refractivity contribution in [2.75, 3.05) is 52.4 Å². The summed E-state index contributed by atoms with van der Waals surface area (Å²) in [7, 11) is 0. The van der Waals surface area contributed by atoms with E-state index in [0.717, 1.165) is 25.6 Å². The third-order valence-electron chi connectivity index (χ3n) is 5.67. The highest BCUT2D eigenvalue weighted by Gasteiger charge is 2.23. The average molecular weight is 372 g/mol. The number of nitrogens with zero attached hydrogens (tertiary/aromatic N) is 3. The van der Waals surface area contributed by atoms with Crippen LogP contribution in [-0.2, 0) is 0 Å². The minimum Gasteiger partial charge on any atom is -0.357 e. The van der Waals surface area contributed by atoms with Crippen molar-refractivity contribution in [2.45, 2.75) is 45.1 Å². The fourth-order valence-electron chi connectivity index (χ4n) is 4.20. The highest BCUT2D eigenvalue weighted by Crippen LogP contribution is 2.25. The first-order valence-corrected chi connectivity index (χ1v) is 10.9. The van der Waals surface area contributed by atoms with Crippen molar-refractivity contribution in [3.05, 3.63) is 35.9 Å². The predicted octanol–water partition coefficient (Wildman–Crippen LogP) is 2.86. The Balaban J connectivity index is 1.53. The molecule has 2 aliphatic heterocycles. The molecule has 0 aromatic heterocycles. The standard InChI is InChI=1S/C22H37N5/c1-2-23-22(24-13-10-16-26-14-6-7-15-26)25-19-21(27-17-8-9-18-27)20-11-4-3-5-12-20/h3-5,11-12,21H,2,6-10,13-19H2,1H3,(H2,23,24,25). The molecule has 1 unspecified atom stereocenters. The van der Waals surface area contributed by atoms with Gasteiger partial charge >= 0.3 is 0 Å². The summed E-state index contributed by atoms with van der Waals surface area (Å²) < 4.78 is 0. The Labute approximate surface area is 165 Å². The van der Waals surface area contributed by atoms with Gasteiger partial charge in [0.05, 0.1) is 12.6 Å². The van der Waals surface area contributed by atoms with E-state index in [9.17, 15) is 0 Å². The number of aliphatic imine (C=N–C) groups is 1. The number of rotatable bonds is 9. The van der Waals surface area contributed by atoms with Crippen LogP contribution in [0.25, 0.3) is 0 Å². The summed E-state index contributed by atoms with van der Waals surface area (Å²) in [4.78, 5) is 10.1. The van der Waals surface area contributed by atoms with Crippen LogP contribution in [0.1, 0.15) is 50.6 Å². The highest BCUT2D eigenvalue weighted by atomic mass is 15.2. The maximum Gasteiger partial charge on any atom is 0.191 e. The van der Waals surface area contributed by atoms with Crippen molar-refractivity contribution < 1.29 is 0 Å². The Morgan fingerprint density at radius 1 is 1.00 bits per heavy atom. The fourth-order valence-corrected chi connectivity index (χ4v) is 4.20. The number of hydrogen-bond acceptors (Lipinski definition) is 3. The van der Waals surface area contributed by atoms with Crippen LogP contribution < -0.4 is 10.6 Å². The maximum atomic E-state index is 4.94. The molecule has 27 heavy (non-hydrogen) atoms. The molecule has 5 nitrogen and oxygen atoms in total. The van der Waals surface area contributed by atoms with Gasteiger partial charge in [-0.2, -0.15) is 0 Å². The molecule has 0 amide bonds. The largest absolute Gasteiger partial charge is 0.357 e. The molecule has 150 valence electrons. The second-order valence-electron chi connectivity index (χ2n) is 7.72. The summed E-state index contributed by atoms with van der Waals surface area (Å²) in [6, 6.07) is 11.3. The van der Waals surface area contributed by atoms with Crippen molar-refractivity contribution in [1.82, 2.24) is 20.4 Å². The Bertz CT molecular complexity index is 547. The summed E-state index contributed by atoms with van der Waals surface area (Å²) in [6.45, 7) is 11.0. The van der Waals surface area contributed by atoms with E-state index in [0.29, 0.717) is 6.04 Å². The van der Waals surface area contributed by atoms with E-state index in [4.69, 9.17) is 4.99 Å². The van der Waals surface area contributed by atoms with E-state index in [1.54, 1.807) is 0 Å². The second-order valence-corrected chi connectivity index (χ2v) is 7.72. The zero-order chi connectivity index (χ0) is 18.7. The van der Waals surface area contributed by atoms with Crippen LogP contribution in [0.15, 0.2) is 35.3 Å². The number of hydrogen-bond donors (Lipinski definition) is 2. The summed E-state index contributed by atoms with van der Waals surface area (Å²) in [5.41, 5.74) is 1.38. The van der Waals surface area contributed by atoms with Crippen LogP contribution in [0.5, 0.6) is 0 Å². The van der Waals surface area contributed by atoms with E-state index in [1.165, 1.54) is 70.4 Å². The number of benzene rings is 1. The Hall–Kier alpha value is -1.59. The van der Waals surface area contributed by atoms with Gasteiger partial charge in [-0.3, -0.25) is 9.89 Å². The van der Waals surface area contributed by atoms with Crippen molar-refractivity contribution in [3.8, 4) is 0 Å². The van der Waals surface area contributed by atoms with E-state index in [1.807, 2.05) is 0 Å². The van der Waals surface area contributed by atoms with Gasteiger partial charge in [-0.1, -0.05) is 30.3 Å². The van der Waals surface area contributed by atoms with Gasteiger partial charge in [0.25, 0.3) is 0 Å². The van der Waals surface area contributed by atoms with Gasteiger partial charge in [-0.05, 0) is 77.3 Å². The lowest BCUT2D eigenvalue weighted by molar-refractivity contribution is 0.251. The van der Waals surface area contributed by atoms with Gasteiger partial charge in [-0.25, -0.2) is 0 Å². The minimum atomic E-state index is 0.383. The maximum absolute atomic E-state index is 4.94. The average Bonchev–Trinajstić information content (AvgIpc) is 3.40. The molecule has 0 spiro atoms. The van der Waals surface area contributed by atoms with Gasteiger partial charge in [-0.15, -0.1) is 0 Å². The SMILES string of the molecule is CCNC(=NCC(c1ccccc1)N1CCCC1)NCCCN1CCCC1. The van der Waals surface area contributed by atoms with Crippen LogP contribution in [0.2, 0.25) is 0 Å². The van der Waals surface area contributed by atoms with Gasteiger partial charge in [0.15, 0.2) is 5.96 Å². The van der Waals surface area contributed by atoms with E-state index in [2.05, 4.69) is 57.7 Å². The molecule has 0 bridgehead atoms. The van der Waals surface area contributed by atoms with E-state index >= 15 is 0 Å². The first-order valence-electron chi connectivity index (χ1n) is 10.9. The molecule has 2 heterocycles. The molecule has 2 N–H and O–H groups in total. The highest BCUT2D eigenvalue weighted by molar-refractivity contribution is 5.79. The normalized spacial score (nSPS) is 20.1. The van der Waals surface area contributed by atoms with Gasteiger partial charge in [0.2, 0.25) is 0 Å². The van der Waals surface area contributed by atoms with Crippen LogP contribution in [-0.4, -0.2) is 68.1 Å². The van der Waals surface area contributed by atoms with Crippen LogP contribution in [0.4, 0.5) is 0 Å². The van der Waals surface area contributed by atoms with Crippen molar-refractivity contribution >= 4 is 5.96 Å². The second kappa shape index (κ2) is 11.3. The Morgan fingerprint density at radius 2 is 1.70 bits per heavy atom. The quantitative estimate of drug-likeness (QED) is 0.398. The van der Waals surface area contributed by atoms with Crippen LogP contribution in [0, 0.1) is 0 Å². The van der Waals surface area contributed by atoms with E-state index in [-0.39, 0.29) is 0 Å². The van der Waals surface area contributed by atoms with Crippen molar-refractivity contribution in [1.29, 1.82) is 0 Å². The summed E-state index contributed by atoms with van der Waals surface area (Å²) in [6.07, 6.45) is 6.53. The summed E-state index contributed by atoms with van der Waals surface area (Å²) in [5.74, 6) is 0.957. The summed E-state index contributed by atoms with van der Waals surface area (Å²) >= 11 is 0. The summed E-state index contributed by atoms with van der Waals surface area (Å²) in [5, 5.41) is 6.95. The Kier molecular flexibility index (Phi) is 8.43. The molecule has 0 saturated carbocycles. The van der Waals surface area contributed by atoms with Crippen LogP contribution >= 0.6 is 0 Å². The molecular weight excluding hydrogens is 334 g/mol. The molecule has 0 radical (unpaired) electrons.